The summed E-state index contributed by atoms with van der Waals surface area (Å²) in [6, 6.07) is 15.8. The minimum atomic E-state index is -0.815. The molecule has 232 valence electrons. The summed E-state index contributed by atoms with van der Waals surface area (Å²) < 4.78 is 33.7. The van der Waals surface area contributed by atoms with E-state index in [0.29, 0.717) is 24.2 Å². The van der Waals surface area contributed by atoms with Crippen LogP contribution >= 0.6 is 0 Å². The number of nitrogens with zero attached hydrogens (tertiary/aromatic N) is 1. The Morgan fingerprint density at radius 1 is 0.930 bits per heavy atom. The predicted molar refractivity (Wildman–Crippen MR) is 167 cm³/mol. The second kappa shape index (κ2) is 16.3. The Hall–Kier alpha value is -3.62. The summed E-state index contributed by atoms with van der Waals surface area (Å²) in [5.74, 6) is -2.15. The number of hydrogen-bond acceptors (Lipinski definition) is 5. The van der Waals surface area contributed by atoms with Gasteiger partial charge in [0.2, 0.25) is 0 Å². The zero-order valence-electron chi connectivity index (χ0n) is 26.0. The fourth-order valence-corrected chi connectivity index (χ4v) is 5.11. The van der Waals surface area contributed by atoms with Crippen molar-refractivity contribution in [1.82, 2.24) is 10.2 Å². The van der Waals surface area contributed by atoms with Gasteiger partial charge in [-0.3, -0.25) is 4.79 Å². The van der Waals surface area contributed by atoms with Gasteiger partial charge in [0.15, 0.2) is 0 Å². The SMILES string of the molecule is CCCN(C(=O)c1cc(C)cc(C(=O)O[C@H](CNCc2cccc(CC)c2)[C@@H](N)Cc2cc(F)cc(F)c2)c1)C(C)CC. The molecule has 0 saturated heterocycles. The summed E-state index contributed by atoms with van der Waals surface area (Å²) in [5.41, 5.74) is 10.6. The van der Waals surface area contributed by atoms with Crippen LogP contribution in [0.15, 0.2) is 60.7 Å². The van der Waals surface area contributed by atoms with Crippen LogP contribution in [0.5, 0.6) is 0 Å². The quantitative estimate of drug-likeness (QED) is 0.200. The molecular weight excluding hydrogens is 548 g/mol. The Kier molecular flexibility index (Phi) is 12.8. The number of benzene rings is 3. The van der Waals surface area contributed by atoms with E-state index >= 15 is 0 Å². The highest BCUT2D eigenvalue weighted by Crippen LogP contribution is 2.18. The van der Waals surface area contributed by atoms with Gasteiger partial charge < -0.3 is 20.7 Å². The van der Waals surface area contributed by atoms with E-state index < -0.39 is 29.7 Å². The molecule has 3 aromatic carbocycles. The Bertz CT molecular complexity index is 1360. The molecule has 0 aliphatic heterocycles. The lowest BCUT2D eigenvalue weighted by Gasteiger charge is -2.29. The van der Waals surface area contributed by atoms with Gasteiger partial charge in [-0.05, 0) is 92.1 Å². The number of amides is 1. The minimum Gasteiger partial charge on any atom is -0.456 e. The number of halogens is 2. The molecule has 0 radical (unpaired) electrons. The number of nitrogens with two attached hydrogens (primary N) is 1. The lowest BCUT2D eigenvalue weighted by molar-refractivity contribution is 0.0238. The highest BCUT2D eigenvalue weighted by Gasteiger charge is 2.26. The fraction of sp³-hybridized carbons (Fsp3) is 0.429. The molecule has 3 rings (SSSR count). The van der Waals surface area contributed by atoms with Crippen LogP contribution in [0.3, 0.4) is 0 Å². The molecule has 3 atom stereocenters. The van der Waals surface area contributed by atoms with Gasteiger partial charge in [0.25, 0.3) is 5.91 Å². The topological polar surface area (TPSA) is 84.7 Å². The van der Waals surface area contributed by atoms with Crippen LogP contribution in [0.2, 0.25) is 0 Å². The molecule has 3 aromatic rings. The largest absolute Gasteiger partial charge is 0.456 e. The zero-order valence-corrected chi connectivity index (χ0v) is 26.0. The number of nitrogens with one attached hydrogen (secondary N) is 1. The summed E-state index contributed by atoms with van der Waals surface area (Å²) in [6.07, 6.45) is 1.83. The predicted octanol–water partition coefficient (Wildman–Crippen LogP) is 6.37. The number of hydrogen-bond donors (Lipinski definition) is 2. The van der Waals surface area contributed by atoms with Crippen molar-refractivity contribution in [2.45, 2.75) is 85.0 Å². The maximum absolute atomic E-state index is 13.9. The molecular formula is C35H45F2N3O3. The van der Waals surface area contributed by atoms with Crippen LogP contribution < -0.4 is 11.1 Å². The number of esters is 1. The van der Waals surface area contributed by atoms with Gasteiger partial charge in [0.1, 0.15) is 17.7 Å². The molecule has 0 aromatic heterocycles. The van der Waals surface area contributed by atoms with Crippen molar-refractivity contribution in [2.75, 3.05) is 13.1 Å². The van der Waals surface area contributed by atoms with Gasteiger partial charge >= 0.3 is 5.97 Å². The highest BCUT2D eigenvalue weighted by molar-refractivity contribution is 5.98. The lowest BCUT2D eigenvalue weighted by atomic mass is 10.0. The van der Waals surface area contributed by atoms with Crippen molar-refractivity contribution in [3.63, 3.8) is 0 Å². The van der Waals surface area contributed by atoms with Crippen molar-refractivity contribution in [3.05, 3.63) is 106 Å². The second-order valence-electron chi connectivity index (χ2n) is 11.2. The van der Waals surface area contributed by atoms with E-state index in [-0.39, 0.29) is 30.5 Å². The average Bonchev–Trinajstić information content (AvgIpc) is 2.97. The molecule has 0 heterocycles. The summed E-state index contributed by atoms with van der Waals surface area (Å²) >= 11 is 0. The number of aryl methyl sites for hydroxylation is 2. The van der Waals surface area contributed by atoms with Crippen molar-refractivity contribution < 1.29 is 23.1 Å². The maximum atomic E-state index is 13.9. The first kappa shape index (κ1) is 33.9. The molecule has 1 amide bonds. The third-order valence-electron chi connectivity index (χ3n) is 7.61. The Morgan fingerprint density at radius 3 is 2.26 bits per heavy atom. The van der Waals surface area contributed by atoms with E-state index in [1.54, 1.807) is 18.2 Å². The lowest BCUT2D eigenvalue weighted by Crippen LogP contribution is -2.46. The zero-order chi connectivity index (χ0) is 31.5. The van der Waals surface area contributed by atoms with Gasteiger partial charge in [0.05, 0.1) is 5.56 Å². The van der Waals surface area contributed by atoms with Crippen molar-refractivity contribution in [2.24, 2.45) is 5.73 Å². The maximum Gasteiger partial charge on any atom is 0.338 e. The number of rotatable bonds is 15. The fourth-order valence-electron chi connectivity index (χ4n) is 5.11. The van der Waals surface area contributed by atoms with Gasteiger partial charge in [-0.15, -0.1) is 0 Å². The van der Waals surface area contributed by atoms with Crippen LogP contribution in [0.4, 0.5) is 8.78 Å². The molecule has 1 unspecified atom stereocenters. The minimum absolute atomic E-state index is 0.0579. The summed E-state index contributed by atoms with van der Waals surface area (Å²) in [6.45, 7) is 11.4. The van der Waals surface area contributed by atoms with Crippen LogP contribution in [0.25, 0.3) is 0 Å². The molecule has 0 bridgehead atoms. The van der Waals surface area contributed by atoms with E-state index in [1.165, 1.54) is 17.7 Å². The molecule has 0 fully saturated rings. The summed E-state index contributed by atoms with van der Waals surface area (Å²) in [4.78, 5) is 28.8. The van der Waals surface area contributed by atoms with E-state index in [9.17, 15) is 18.4 Å². The summed E-state index contributed by atoms with van der Waals surface area (Å²) in [7, 11) is 0. The van der Waals surface area contributed by atoms with Crippen LogP contribution in [-0.2, 0) is 24.1 Å². The molecule has 3 N–H and O–H groups in total. The smallest absolute Gasteiger partial charge is 0.338 e. The molecule has 8 heteroatoms. The van der Waals surface area contributed by atoms with Gasteiger partial charge in [-0.25, -0.2) is 13.6 Å². The average molecular weight is 594 g/mol. The van der Waals surface area contributed by atoms with Crippen molar-refractivity contribution in [3.8, 4) is 0 Å². The molecule has 0 saturated carbocycles. The van der Waals surface area contributed by atoms with Crippen LogP contribution in [-0.4, -0.2) is 48.1 Å². The van der Waals surface area contributed by atoms with Crippen LogP contribution in [0, 0.1) is 18.6 Å². The first-order valence-corrected chi connectivity index (χ1v) is 15.2. The molecule has 0 spiro atoms. The van der Waals surface area contributed by atoms with Crippen LogP contribution in [0.1, 0.15) is 83.5 Å². The number of ether oxygens (including phenoxy) is 1. The Morgan fingerprint density at radius 2 is 1.60 bits per heavy atom. The summed E-state index contributed by atoms with van der Waals surface area (Å²) in [5, 5.41) is 3.32. The first-order chi connectivity index (χ1) is 20.5. The monoisotopic (exact) mass is 593 g/mol. The number of carbonyl (C=O) groups is 2. The Labute approximate surface area is 254 Å². The van der Waals surface area contributed by atoms with Gasteiger partial charge in [-0.2, -0.15) is 0 Å². The molecule has 6 nitrogen and oxygen atoms in total. The van der Waals surface area contributed by atoms with Crippen molar-refractivity contribution in [1.29, 1.82) is 0 Å². The van der Waals surface area contributed by atoms with E-state index in [2.05, 4.69) is 24.4 Å². The second-order valence-corrected chi connectivity index (χ2v) is 11.2. The normalized spacial score (nSPS) is 13.3. The van der Waals surface area contributed by atoms with Gasteiger partial charge in [0, 0.05) is 43.3 Å². The molecule has 0 aliphatic carbocycles. The molecule has 43 heavy (non-hydrogen) atoms. The Balaban J connectivity index is 1.83. The standard InChI is InChI=1S/C35H45F2N3O3/c1-6-12-40(24(5)7-2)34(41)28-13-23(4)14-29(19-28)35(42)43-33(22-39-21-26-11-9-10-25(8-3)15-26)32(38)18-27-16-30(36)20-31(37)17-27/h9-11,13-17,19-20,24,32-33,39H,6-8,12,18,21-22,38H2,1-5H3/t24?,32-,33+/m0/s1. The van der Waals surface area contributed by atoms with E-state index in [4.69, 9.17) is 10.5 Å². The highest BCUT2D eigenvalue weighted by atomic mass is 19.1. The van der Waals surface area contributed by atoms with Crippen molar-refractivity contribution >= 4 is 11.9 Å². The third-order valence-corrected chi connectivity index (χ3v) is 7.61. The number of carbonyl (C=O) groups excluding carboxylic acids is 2. The van der Waals surface area contributed by atoms with Gasteiger partial charge in [-0.1, -0.05) is 45.0 Å². The molecule has 0 aliphatic rings. The third kappa shape index (κ3) is 9.97. The first-order valence-electron chi connectivity index (χ1n) is 15.2. The van der Waals surface area contributed by atoms with E-state index in [0.717, 1.165) is 36.5 Å². The van der Waals surface area contributed by atoms with E-state index in [1.807, 2.05) is 44.7 Å².